The van der Waals surface area contributed by atoms with Gasteiger partial charge < -0.3 is 12.4 Å². The molecule has 0 unspecified atom stereocenters. The van der Waals surface area contributed by atoms with Crippen LogP contribution in [-0.2, 0) is 0 Å². The van der Waals surface area contributed by atoms with E-state index >= 15 is 0 Å². The molecule has 1 aromatic carbocycles. The second-order valence-corrected chi connectivity index (χ2v) is 6.37. The molecule has 110 valence electrons. The van der Waals surface area contributed by atoms with Crippen molar-refractivity contribution in [3.05, 3.63) is 46.3 Å². The molecule has 0 atom stereocenters. The molecule has 1 N–H and O–H groups in total. The van der Waals surface area contributed by atoms with Crippen molar-refractivity contribution >= 4 is 21.6 Å². The molecule has 3 rings (SSSR count). The van der Waals surface area contributed by atoms with Crippen molar-refractivity contribution in [1.29, 1.82) is 0 Å². The van der Waals surface area contributed by atoms with Gasteiger partial charge in [-0.05, 0) is 57.0 Å². The Hall–Kier alpha value is -1.45. The number of halogens is 1. The topological polar surface area (TPSA) is 26.9 Å². The molecular formula is C17H19ClN2S. The lowest BCUT2D eigenvalue weighted by Gasteiger charge is -2.08. The average Bonchev–Trinajstić information content (AvgIpc) is 2.40. The maximum absolute atomic E-state index is 4.82. The Balaban J connectivity index is 0.00000161. The van der Waals surface area contributed by atoms with Crippen molar-refractivity contribution in [1.82, 2.24) is 4.98 Å². The molecule has 4 heteroatoms. The minimum Gasteiger partial charge on any atom is -1.00 e. The van der Waals surface area contributed by atoms with Crippen LogP contribution in [0.2, 0.25) is 0 Å². The molecule has 0 bridgehead atoms. The number of hydrogen-bond donors (Lipinski definition) is 1. The van der Waals surface area contributed by atoms with Crippen LogP contribution in [0.25, 0.3) is 20.8 Å². The van der Waals surface area contributed by atoms with Gasteiger partial charge in [-0.25, -0.2) is 9.98 Å². The van der Waals surface area contributed by atoms with E-state index in [9.17, 15) is 0 Å². The van der Waals surface area contributed by atoms with Crippen LogP contribution in [-0.4, -0.2) is 11.5 Å². The predicted octanol–water partition coefficient (Wildman–Crippen LogP) is -0.668. The van der Waals surface area contributed by atoms with Gasteiger partial charge >= 0.3 is 0 Å². The first-order valence-corrected chi connectivity index (χ1v) is 7.79. The molecular weight excluding hydrogens is 300 g/mol. The van der Waals surface area contributed by atoms with E-state index in [4.69, 9.17) is 4.98 Å². The minimum atomic E-state index is 0. The normalized spacial score (nSPS) is 11.9. The third kappa shape index (κ3) is 2.94. The SMILES string of the molecule is CC[NH+]=c1cc2sc3cc(C)c(C)cc3nc-2cc1C.[Cl-]. The Labute approximate surface area is 135 Å². The summed E-state index contributed by atoms with van der Waals surface area (Å²) in [4.78, 5) is 9.48. The van der Waals surface area contributed by atoms with Crippen LogP contribution in [0.5, 0.6) is 0 Å². The Morgan fingerprint density at radius 1 is 1.00 bits per heavy atom. The number of nitrogens with one attached hydrogen (secondary N) is 1. The monoisotopic (exact) mass is 318 g/mol. The lowest BCUT2D eigenvalue weighted by molar-refractivity contribution is -0.496. The highest BCUT2D eigenvalue weighted by Gasteiger charge is 2.11. The van der Waals surface area contributed by atoms with Crippen LogP contribution in [0.15, 0.2) is 24.3 Å². The summed E-state index contributed by atoms with van der Waals surface area (Å²) in [6.07, 6.45) is 0. The summed E-state index contributed by atoms with van der Waals surface area (Å²) < 4.78 is 1.26. The fourth-order valence-electron chi connectivity index (χ4n) is 2.41. The first kappa shape index (κ1) is 15.9. The maximum atomic E-state index is 4.82. The number of hydrogen-bond acceptors (Lipinski definition) is 2. The zero-order valence-electron chi connectivity index (χ0n) is 12.7. The summed E-state index contributed by atoms with van der Waals surface area (Å²) in [6.45, 7) is 9.50. The van der Waals surface area contributed by atoms with Crippen LogP contribution in [0.4, 0.5) is 0 Å². The molecule has 0 fully saturated rings. The molecule has 2 nitrogen and oxygen atoms in total. The largest absolute Gasteiger partial charge is 1.00 e. The molecule has 0 spiro atoms. The van der Waals surface area contributed by atoms with Gasteiger partial charge in [-0.15, -0.1) is 11.3 Å². The number of aromatic nitrogens is 1. The number of aryl methyl sites for hydroxylation is 3. The number of nitrogens with zero attached hydrogens (tertiary/aromatic N) is 1. The minimum absolute atomic E-state index is 0. The highest BCUT2D eigenvalue weighted by atomic mass is 35.5. The molecule has 2 aliphatic rings. The quantitative estimate of drug-likeness (QED) is 0.592. The second-order valence-electron chi connectivity index (χ2n) is 5.28. The molecule has 0 aromatic heterocycles. The van der Waals surface area contributed by atoms with Gasteiger partial charge in [0.2, 0.25) is 5.36 Å². The molecule has 1 aliphatic heterocycles. The molecule has 1 aliphatic carbocycles. The van der Waals surface area contributed by atoms with Crippen molar-refractivity contribution in [2.75, 3.05) is 6.54 Å². The smallest absolute Gasteiger partial charge is 0.202 e. The zero-order valence-corrected chi connectivity index (χ0v) is 14.3. The molecule has 0 radical (unpaired) electrons. The molecule has 21 heavy (non-hydrogen) atoms. The van der Waals surface area contributed by atoms with E-state index in [0.717, 1.165) is 17.8 Å². The van der Waals surface area contributed by atoms with E-state index in [0.29, 0.717) is 0 Å². The summed E-state index contributed by atoms with van der Waals surface area (Å²) in [5.74, 6) is 0. The van der Waals surface area contributed by atoms with Crippen molar-refractivity contribution in [3.8, 4) is 10.6 Å². The fraction of sp³-hybridized carbons (Fsp3) is 0.294. The predicted molar refractivity (Wildman–Crippen MR) is 85.1 cm³/mol. The third-order valence-electron chi connectivity index (χ3n) is 3.71. The van der Waals surface area contributed by atoms with E-state index in [1.54, 1.807) is 0 Å². The maximum Gasteiger partial charge on any atom is 0.202 e. The van der Waals surface area contributed by atoms with Gasteiger partial charge in [-0.2, -0.15) is 0 Å². The van der Waals surface area contributed by atoms with Gasteiger partial charge in [0, 0.05) is 11.6 Å². The second kappa shape index (κ2) is 6.12. The van der Waals surface area contributed by atoms with Crippen LogP contribution >= 0.6 is 11.3 Å². The van der Waals surface area contributed by atoms with E-state index in [1.165, 1.54) is 31.6 Å². The standard InChI is InChI=1S/C17H18N2S.ClH/c1-5-18-13-9-17-15(7-12(13)4)19-14-6-10(2)11(3)8-16(14)20-17;/h6-9H,5H2,1-4H3;1H. The highest BCUT2D eigenvalue weighted by Crippen LogP contribution is 2.31. The van der Waals surface area contributed by atoms with E-state index < -0.39 is 0 Å². The van der Waals surface area contributed by atoms with Gasteiger partial charge in [0.15, 0.2) is 0 Å². The van der Waals surface area contributed by atoms with Crippen LogP contribution < -0.4 is 22.8 Å². The summed E-state index contributed by atoms with van der Waals surface area (Å²) in [5.41, 5.74) is 6.07. The molecule has 1 heterocycles. The molecule has 1 aromatic rings. The highest BCUT2D eigenvalue weighted by molar-refractivity contribution is 7.21. The summed E-state index contributed by atoms with van der Waals surface area (Å²) in [6, 6.07) is 8.83. The summed E-state index contributed by atoms with van der Waals surface area (Å²) in [5, 5.41) is 1.21. The first-order valence-electron chi connectivity index (χ1n) is 6.98. The van der Waals surface area contributed by atoms with E-state index in [1.807, 2.05) is 11.3 Å². The first-order chi connectivity index (χ1) is 9.58. The van der Waals surface area contributed by atoms with Crippen LogP contribution in [0.3, 0.4) is 0 Å². The van der Waals surface area contributed by atoms with Gasteiger partial charge in [0.05, 0.1) is 20.8 Å². The molecule has 0 amide bonds. The Bertz CT molecular complexity index is 836. The number of fused-ring (bicyclic) bond motifs is 2. The van der Waals surface area contributed by atoms with Crippen LogP contribution in [0.1, 0.15) is 23.6 Å². The molecule has 0 saturated heterocycles. The van der Waals surface area contributed by atoms with Crippen molar-refractivity contribution in [2.45, 2.75) is 27.7 Å². The Morgan fingerprint density at radius 2 is 1.71 bits per heavy atom. The van der Waals surface area contributed by atoms with Crippen molar-refractivity contribution in [3.63, 3.8) is 0 Å². The van der Waals surface area contributed by atoms with Gasteiger partial charge in [0.1, 0.15) is 6.54 Å². The van der Waals surface area contributed by atoms with Crippen LogP contribution in [0, 0.1) is 20.8 Å². The van der Waals surface area contributed by atoms with Crippen molar-refractivity contribution in [2.24, 2.45) is 0 Å². The van der Waals surface area contributed by atoms with Gasteiger partial charge in [0.25, 0.3) is 0 Å². The summed E-state index contributed by atoms with van der Waals surface area (Å²) in [7, 11) is 0. The zero-order chi connectivity index (χ0) is 14.3. The van der Waals surface area contributed by atoms with Gasteiger partial charge in [-0.1, -0.05) is 0 Å². The van der Waals surface area contributed by atoms with E-state index in [-0.39, 0.29) is 12.4 Å². The lowest BCUT2D eigenvalue weighted by atomic mass is 10.1. The Kier molecular flexibility index (Phi) is 4.64. The fourth-order valence-corrected chi connectivity index (χ4v) is 3.48. The van der Waals surface area contributed by atoms with E-state index in [2.05, 4.69) is 57.0 Å². The number of rotatable bonds is 1. The number of benzene rings is 2. The third-order valence-corrected chi connectivity index (χ3v) is 4.80. The average molecular weight is 319 g/mol. The van der Waals surface area contributed by atoms with Crippen molar-refractivity contribution < 1.29 is 17.4 Å². The lowest BCUT2D eigenvalue weighted by Crippen LogP contribution is -3.00. The Morgan fingerprint density at radius 3 is 2.43 bits per heavy atom. The molecule has 0 saturated carbocycles. The van der Waals surface area contributed by atoms with Gasteiger partial charge in [-0.3, -0.25) is 0 Å². The summed E-state index contributed by atoms with van der Waals surface area (Å²) >= 11 is 1.82.